The van der Waals surface area contributed by atoms with E-state index in [9.17, 15) is 14.9 Å². The Hall–Kier alpha value is -2.23. The first-order valence-electron chi connectivity index (χ1n) is 8.90. The van der Waals surface area contributed by atoms with Crippen molar-refractivity contribution >= 4 is 11.8 Å². The second-order valence-electron chi connectivity index (χ2n) is 7.80. The van der Waals surface area contributed by atoms with Crippen molar-refractivity contribution in [2.75, 3.05) is 7.11 Å². The van der Waals surface area contributed by atoms with Gasteiger partial charge in [-0.25, -0.2) is 9.18 Å². The molecule has 1 aliphatic carbocycles. The first-order chi connectivity index (χ1) is 12.5. The summed E-state index contributed by atoms with van der Waals surface area (Å²) in [4.78, 5) is 28.2. The molecule has 10 heteroatoms. The summed E-state index contributed by atoms with van der Waals surface area (Å²) in [5, 5.41) is 16.2. The van der Waals surface area contributed by atoms with E-state index >= 15 is 4.39 Å². The number of nitrogens with zero attached hydrogens (tertiary/aromatic N) is 4. The van der Waals surface area contributed by atoms with Gasteiger partial charge in [-0.05, 0) is 52.9 Å². The molecule has 2 atom stereocenters. The second-order valence-corrected chi connectivity index (χ2v) is 7.80. The van der Waals surface area contributed by atoms with Crippen molar-refractivity contribution in [3.63, 3.8) is 0 Å². The average molecular weight is 386 g/mol. The number of rotatable bonds is 4. The summed E-state index contributed by atoms with van der Waals surface area (Å²) < 4.78 is 22.3. The fraction of sp³-hybridized carbons (Fsp3) is 0.765. The molecule has 9 nitrogen and oxygen atoms in total. The van der Waals surface area contributed by atoms with Gasteiger partial charge in [-0.15, -0.1) is 0 Å². The highest BCUT2D eigenvalue weighted by molar-refractivity contribution is 5.67. The van der Waals surface area contributed by atoms with Crippen molar-refractivity contribution in [1.29, 1.82) is 0 Å². The van der Waals surface area contributed by atoms with Crippen LogP contribution in [-0.4, -0.2) is 44.6 Å². The quantitative estimate of drug-likeness (QED) is 0.445. The van der Waals surface area contributed by atoms with Crippen molar-refractivity contribution in [3.05, 3.63) is 22.0 Å². The summed E-state index contributed by atoms with van der Waals surface area (Å²) in [6.07, 6.45) is 1.79. The Morgan fingerprint density at radius 1 is 1.44 bits per heavy atom. The van der Waals surface area contributed by atoms with E-state index in [2.05, 4.69) is 5.10 Å². The lowest BCUT2D eigenvalue weighted by atomic mass is 9.91. The van der Waals surface area contributed by atoms with E-state index in [1.807, 2.05) is 0 Å². The van der Waals surface area contributed by atoms with E-state index in [1.54, 1.807) is 20.8 Å². The summed E-state index contributed by atoms with van der Waals surface area (Å²) in [6.45, 7) is 5.25. The highest BCUT2D eigenvalue weighted by Crippen LogP contribution is 2.43. The molecule has 1 amide bonds. The number of hydrogen-bond donors (Lipinski definition) is 0. The van der Waals surface area contributed by atoms with Gasteiger partial charge >= 0.3 is 11.8 Å². The van der Waals surface area contributed by atoms with Gasteiger partial charge in [0.2, 0.25) is 0 Å². The van der Waals surface area contributed by atoms with Gasteiger partial charge in [0.25, 0.3) is 0 Å². The molecule has 1 aromatic heterocycles. The van der Waals surface area contributed by atoms with Crippen LogP contribution in [0.4, 0.5) is 14.9 Å². The Bertz CT molecular complexity index is 702. The first-order valence-corrected chi connectivity index (χ1v) is 8.90. The van der Waals surface area contributed by atoms with Crippen LogP contribution in [0.25, 0.3) is 0 Å². The number of aromatic nitrogens is 2. The lowest BCUT2D eigenvalue weighted by Gasteiger charge is -2.31. The topological polar surface area (TPSA) is 99.7 Å². The maximum atomic E-state index is 15.8. The minimum absolute atomic E-state index is 0.0146. The first kappa shape index (κ1) is 21.1. The zero-order valence-electron chi connectivity index (χ0n) is 16.4. The minimum Gasteiger partial charge on any atom is -0.442 e. The number of carbonyl (C=O) groups excluding carboxylic acids is 1. The Kier molecular flexibility index (Phi) is 6.08. The summed E-state index contributed by atoms with van der Waals surface area (Å²) in [6, 6.07) is -0.380. The average Bonchev–Trinajstić information content (AvgIpc) is 2.83. The molecule has 1 aromatic rings. The van der Waals surface area contributed by atoms with E-state index in [-0.39, 0.29) is 36.7 Å². The van der Waals surface area contributed by atoms with Crippen LogP contribution < -0.4 is 0 Å². The minimum atomic E-state index is -1.89. The number of aryl methyl sites for hydroxylation is 1. The number of alkyl halides is 1. The molecule has 1 heterocycles. The Balaban J connectivity index is 2.20. The van der Waals surface area contributed by atoms with Crippen LogP contribution in [0, 0.1) is 10.1 Å². The highest BCUT2D eigenvalue weighted by Gasteiger charge is 2.44. The SMILES string of the molecule is CON(C(=O)OC(C)(C)C)C1CCCC(F)(c2c([N+](=O)[O-])cnn2C)CC1. The Morgan fingerprint density at radius 3 is 2.67 bits per heavy atom. The summed E-state index contributed by atoms with van der Waals surface area (Å²) >= 11 is 0. The van der Waals surface area contributed by atoms with Gasteiger partial charge in [-0.1, -0.05) is 0 Å². The number of hydrogen-bond acceptors (Lipinski definition) is 6. The number of ether oxygens (including phenoxy) is 1. The van der Waals surface area contributed by atoms with Gasteiger partial charge in [0.05, 0.1) is 18.1 Å². The predicted molar refractivity (Wildman–Crippen MR) is 94.6 cm³/mol. The molecular weight excluding hydrogens is 359 g/mol. The molecule has 0 spiro atoms. The molecule has 0 N–H and O–H groups in total. The molecule has 0 aliphatic heterocycles. The van der Waals surface area contributed by atoms with Crippen LogP contribution in [0.5, 0.6) is 0 Å². The normalized spacial score (nSPS) is 23.6. The lowest BCUT2D eigenvalue weighted by Crippen LogP contribution is -2.42. The maximum Gasteiger partial charge on any atom is 0.434 e. The zero-order valence-corrected chi connectivity index (χ0v) is 16.4. The van der Waals surface area contributed by atoms with Crippen LogP contribution >= 0.6 is 0 Å². The smallest absolute Gasteiger partial charge is 0.434 e. The molecule has 0 radical (unpaired) electrons. The van der Waals surface area contributed by atoms with Crippen LogP contribution in [0.15, 0.2) is 6.20 Å². The monoisotopic (exact) mass is 386 g/mol. The van der Waals surface area contributed by atoms with E-state index in [0.717, 1.165) is 11.3 Å². The number of nitro groups is 1. The summed E-state index contributed by atoms with van der Waals surface area (Å²) in [7, 11) is 2.86. The van der Waals surface area contributed by atoms with Gasteiger partial charge < -0.3 is 4.74 Å². The number of carbonyl (C=O) groups is 1. The molecule has 1 aliphatic rings. The van der Waals surface area contributed by atoms with Gasteiger partial charge in [0.15, 0.2) is 11.4 Å². The molecule has 2 rings (SSSR count). The third-order valence-electron chi connectivity index (χ3n) is 4.63. The van der Waals surface area contributed by atoms with Crippen LogP contribution in [0.3, 0.4) is 0 Å². The third-order valence-corrected chi connectivity index (χ3v) is 4.63. The molecule has 152 valence electrons. The molecule has 2 unspecified atom stereocenters. The fourth-order valence-corrected chi connectivity index (χ4v) is 3.51. The molecule has 0 bridgehead atoms. The number of amides is 1. The fourth-order valence-electron chi connectivity index (χ4n) is 3.51. The predicted octanol–water partition coefficient (Wildman–Crippen LogP) is 3.62. The van der Waals surface area contributed by atoms with Crippen molar-refractivity contribution in [2.24, 2.45) is 7.05 Å². The van der Waals surface area contributed by atoms with E-state index in [1.165, 1.54) is 18.8 Å². The lowest BCUT2D eigenvalue weighted by molar-refractivity contribution is -0.386. The van der Waals surface area contributed by atoms with Gasteiger partial charge in [-0.3, -0.25) is 19.6 Å². The molecule has 0 aromatic carbocycles. The molecular formula is C17H27FN4O5. The van der Waals surface area contributed by atoms with Gasteiger partial charge in [-0.2, -0.15) is 10.2 Å². The van der Waals surface area contributed by atoms with E-state index < -0.39 is 22.3 Å². The maximum absolute atomic E-state index is 15.8. The zero-order chi connectivity index (χ0) is 20.4. The summed E-state index contributed by atoms with van der Waals surface area (Å²) in [5.41, 5.74) is -2.93. The summed E-state index contributed by atoms with van der Waals surface area (Å²) in [5.74, 6) is 0. The largest absolute Gasteiger partial charge is 0.442 e. The van der Waals surface area contributed by atoms with Crippen LogP contribution in [0.2, 0.25) is 0 Å². The highest BCUT2D eigenvalue weighted by atomic mass is 19.1. The van der Waals surface area contributed by atoms with Crippen molar-refractivity contribution in [3.8, 4) is 0 Å². The Morgan fingerprint density at radius 2 is 2.11 bits per heavy atom. The molecule has 1 fully saturated rings. The Labute approximate surface area is 157 Å². The molecule has 27 heavy (non-hydrogen) atoms. The van der Waals surface area contributed by atoms with Crippen LogP contribution in [0.1, 0.15) is 58.6 Å². The molecule has 0 saturated heterocycles. The number of halogens is 1. The number of hydroxylamine groups is 2. The van der Waals surface area contributed by atoms with Crippen molar-refractivity contribution < 1.29 is 23.7 Å². The van der Waals surface area contributed by atoms with Crippen molar-refractivity contribution in [2.45, 2.75) is 70.2 Å². The van der Waals surface area contributed by atoms with Gasteiger partial charge in [0, 0.05) is 7.05 Å². The van der Waals surface area contributed by atoms with Crippen molar-refractivity contribution in [1.82, 2.24) is 14.8 Å². The van der Waals surface area contributed by atoms with Crippen LogP contribution in [-0.2, 0) is 22.3 Å². The third kappa shape index (κ3) is 4.74. The molecule has 1 saturated carbocycles. The van der Waals surface area contributed by atoms with E-state index in [4.69, 9.17) is 9.57 Å². The van der Waals surface area contributed by atoms with Gasteiger partial charge in [0.1, 0.15) is 11.8 Å². The van der Waals surface area contributed by atoms with E-state index in [0.29, 0.717) is 12.8 Å². The second kappa shape index (κ2) is 7.79. The standard InChI is InChI=1S/C17H27FN4O5/c1-16(2,3)27-15(23)21(26-5)12-7-6-9-17(18,10-8-12)14-13(22(24)25)11-19-20(14)4/h11-12H,6-10H2,1-5H3.